The second-order valence-corrected chi connectivity index (χ2v) is 3.91. The van der Waals surface area contributed by atoms with E-state index in [1.54, 1.807) is 0 Å². The van der Waals surface area contributed by atoms with E-state index in [9.17, 15) is 9.59 Å². The number of amides is 2. The van der Waals surface area contributed by atoms with E-state index in [0.29, 0.717) is 13.1 Å². The third-order valence-corrected chi connectivity index (χ3v) is 2.51. The minimum Gasteiger partial charge on any atom is -0.496 e. The van der Waals surface area contributed by atoms with Crippen molar-refractivity contribution in [3.8, 4) is 5.75 Å². The van der Waals surface area contributed by atoms with E-state index in [1.807, 2.05) is 0 Å². The SMILES string of the molecule is COc1cc(NC(=O)NCCN)c(Cl)cc1C(=O)O. The lowest BCUT2D eigenvalue weighted by molar-refractivity contribution is 0.0693. The Morgan fingerprint density at radius 1 is 1.47 bits per heavy atom. The van der Waals surface area contributed by atoms with Crippen molar-refractivity contribution in [3.05, 3.63) is 22.7 Å². The first-order valence-electron chi connectivity index (χ1n) is 5.35. The van der Waals surface area contributed by atoms with Crippen LogP contribution >= 0.6 is 11.6 Å². The highest BCUT2D eigenvalue weighted by Crippen LogP contribution is 2.30. The predicted octanol–water partition coefficient (Wildman–Crippen LogP) is 1.13. The number of anilines is 1. The maximum absolute atomic E-state index is 11.4. The fourth-order valence-corrected chi connectivity index (χ4v) is 1.55. The molecule has 1 rings (SSSR count). The van der Waals surface area contributed by atoms with Crippen LogP contribution < -0.4 is 21.1 Å². The van der Waals surface area contributed by atoms with Crippen LogP contribution in [-0.2, 0) is 0 Å². The van der Waals surface area contributed by atoms with Crippen LogP contribution in [-0.4, -0.2) is 37.3 Å². The van der Waals surface area contributed by atoms with Crippen molar-refractivity contribution in [1.29, 1.82) is 0 Å². The number of carbonyl (C=O) groups excluding carboxylic acids is 1. The first kappa shape index (κ1) is 15.1. The molecule has 5 N–H and O–H groups in total. The largest absolute Gasteiger partial charge is 0.496 e. The predicted molar refractivity (Wildman–Crippen MR) is 71.0 cm³/mol. The number of urea groups is 1. The monoisotopic (exact) mass is 287 g/mol. The summed E-state index contributed by atoms with van der Waals surface area (Å²) in [5, 5.41) is 14.0. The lowest BCUT2D eigenvalue weighted by Crippen LogP contribution is -2.32. The molecule has 0 radical (unpaired) electrons. The van der Waals surface area contributed by atoms with Gasteiger partial charge in [0.25, 0.3) is 0 Å². The second-order valence-electron chi connectivity index (χ2n) is 3.51. The van der Waals surface area contributed by atoms with Gasteiger partial charge in [0.15, 0.2) is 0 Å². The minimum absolute atomic E-state index is 0.0829. The zero-order chi connectivity index (χ0) is 14.4. The molecule has 0 atom stereocenters. The molecule has 2 amide bonds. The van der Waals surface area contributed by atoms with Crippen LogP contribution in [0, 0.1) is 0 Å². The Labute approximate surface area is 114 Å². The summed E-state index contributed by atoms with van der Waals surface area (Å²) in [6.45, 7) is 0.621. The van der Waals surface area contributed by atoms with Crippen LogP contribution in [0.3, 0.4) is 0 Å². The fourth-order valence-electron chi connectivity index (χ4n) is 1.34. The standard InChI is InChI=1S/C11H14ClN3O4/c1-19-9-5-8(15-11(18)14-3-2-13)7(12)4-6(9)10(16)17/h4-5H,2-3,13H2,1H3,(H,16,17)(H2,14,15,18). The third kappa shape index (κ3) is 4.01. The molecule has 19 heavy (non-hydrogen) atoms. The van der Waals surface area contributed by atoms with Gasteiger partial charge in [0.1, 0.15) is 11.3 Å². The van der Waals surface area contributed by atoms with Crippen LogP contribution in [0.25, 0.3) is 0 Å². The average molecular weight is 288 g/mol. The Kier molecular flexibility index (Phi) is 5.40. The number of hydrogen-bond donors (Lipinski definition) is 4. The molecule has 0 bridgehead atoms. The van der Waals surface area contributed by atoms with E-state index in [1.165, 1.54) is 19.2 Å². The Balaban J connectivity index is 2.96. The van der Waals surface area contributed by atoms with Gasteiger partial charge in [-0.25, -0.2) is 9.59 Å². The lowest BCUT2D eigenvalue weighted by atomic mass is 10.2. The number of carboxylic acids is 1. The minimum atomic E-state index is -1.17. The number of aromatic carboxylic acids is 1. The number of nitrogens with one attached hydrogen (secondary N) is 2. The van der Waals surface area contributed by atoms with E-state index in [2.05, 4.69) is 10.6 Å². The maximum atomic E-state index is 11.4. The van der Waals surface area contributed by atoms with Gasteiger partial charge in [-0.15, -0.1) is 0 Å². The average Bonchev–Trinajstić information content (AvgIpc) is 2.38. The molecular weight excluding hydrogens is 274 g/mol. The van der Waals surface area contributed by atoms with Crippen LogP contribution in [0.5, 0.6) is 5.75 Å². The molecule has 8 heteroatoms. The molecule has 1 aromatic rings. The normalized spacial score (nSPS) is 9.84. The summed E-state index contributed by atoms with van der Waals surface area (Å²) in [6.07, 6.45) is 0. The number of methoxy groups -OCH3 is 1. The molecule has 1 aromatic carbocycles. The van der Waals surface area contributed by atoms with Gasteiger partial charge in [-0.3, -0.25) is 0 Å². The molecule has 104 valence electrons. The van der Waals surface area contributed by atoms with Crippen molar-refractivity contribution in [1.82, 2.24) is 5.32 Å². The highest BCUT2D eigenvalue weighted by Gasteiger charge is 2.15. The van der Waals surface area contributed by atoms with Gasteiger partial charge in [0.2, 0.25) is 0 Å². The van der Waals surface area contributed by atoms with Crippen molar-refractivity contribution in [3.63, 3.8) is 0 Å². The van der Waals surface area contributed by atoms with Crippen LogP contribution in [0.15, 0.2) is 12.1 Å². The molecular formula is C11H14ClN3O4. The van der Waals surface area contributed by atoms with Crippen molar-refractivity contribution < 1.29 is 19.4 Å². The summed E-state index contributed by atoms with van der Waals surface area (Å²) in [5.74, 6) is -1.07. The number of ether oxygens (including phenoxy) is 1. The number of halogens is 1. The van der Waals surface area contributed by atoms with Gasteiger partial charge in [-0.05, 0) is 6.07 Å². The summed E-state index contributed by atoms with van der Waals surface area (Å²) in [5.41, 5.74) is 5.41. The van der Waals surface area contributed by atoms with Crippen molar-refractivity contribution in [2.45, 2.75) is 0 Å². The topological polar surface area (TPSA) is 114 Å². The highest BCUT2D eigenvalue weighted by molar-refractivity contribution is 6.34. The summed E-state index contributed by atoms with van der Waals surface area (Å²) in [7, 11) is 1.33. The second kappa shape index (κ2) is 6.81. The van der Waals surface area contributed by atoms with Gasteiger partial charge in [0.05, 0.1) is 17.8 Å². The first-order chi connectivity index (χ1) is 8.99. The number of hydrogen-bond acceptors (Lipinski definition) is 4. The molecule has 0 aliphatic heterocycles. The lowest BCUT2D eigenvalue weighted by Gasteiger charge is -2.12. The number of nitrogens with two attached hydrogens (primary N) is 1. The Morgan fingerprint density at radius 3 is 2.68 bits per heavy atom. The molecule has 0 heterocycles. The molecule has 0 aliphatic carbocycles. The van der Waals surface area contributed by atoms with Crippen molar-refractivity contribution in [2.24, 2.45) is 5.73 Å². The summed E-state index contributed by atoms with van der Waals surface area (Å²) < 4.78 is 4.93. The van der Waals surface area contributed by atoms with Gasteiger partial charge in [-0.2, -0.15) is 0 Å². The number of carboxylic acid groups (broad SMARTS) is 1. The van der Waals surface area contributed by atoms with E-state index in [0.717, 1.165) is 0 Å². The van der Waals surface area contributed by atoms with Gasteiger partial charge >= 0.3 is 12.0 Å². The summed E-state index contributed by atoms with van der Waals surface area (Å²) >= 11 is 5.89. The third-order valence-electron chi connectivity index (χ3n) is 2.20. The number of benzene rings is 1. The quantitative estimate of drug-likeness (QED) is 0.648. The van der Waals surface area contributed by atoms with E-state index >= 15 is 0 Å². The number of carbonyl (C=O) groups is 2. The molecule has 0 unspecified atom stereocenters. The zero-order valence-electron chi connectivity index (χ0n) is 10.2. The first-order valence-corrected chi connectivity index (χ1v) is 5.73. The van der Waals surface area contributed by atoms with Crippen LogP contribution in [0.4, 0.5) is 10.5 Å². The van der Waals surface area contributed by atoms with Gasteiger partial charge in [-0.1, -0.05) is 11.6 Å². The molecule has 0 saturated heterocycles. The van der Waals surface area contributed by atoms with Crippen molar-refractivity contribution >= 4 is 29.3 Å². The van der Waals surface area contributed by atoms with E-state index < -0.39 is 12.0 Å². The van der Waals surface area contributed by atoms with E-state index in [-0.39, 0.29) is 22.0 Å². The molecule has 0 spiro atoms. The fraction of sp³-hybridized carbons (Fsp3) is 0.273. The molecule has 7 nitrogen and oxygen atoms in total. The zero-order valence-corrected chi connectivity index (χ0v) is 11.0. The van der Waals surface area contributed by atoms with Crippen LogP contribution in [0.1, 0.15) is 10.4 Å². The Bertz CT molecular complexity index is 493. The Morgan fingerprint density at radius 2 is 2.16 bits per heavy atom. The summed E-state index contributed by atoms with van der Waals surface area (Å²) in [6, 6.07) is 2.06. The van der Waals surface area contributed by atoms with Crippen molar-refractivity contribution in [2.75, 3.05) is 25.5 Å². The molecule has 0 aliphatic rings. The van der Waals surface area contributed by atoms with Gasteiger partial charge < -0.3 is 26.2 Å². The molecule has 0 aromatic heterocycles. The van der Waals surface area contributed by atoms with Gasteiger partial charge in [0, 0.05) is 19.2 Å². The van der Waals surface area contributed by atoms with E-state index in [4.69, 9.17) is 27.2 Å². The smallest absolute Gasteiger partial charge is 0.339 e. The number of rotatable bonds is 5. The molecule has 0 fully saturated rings. The summed E-state index contributed by atoms with van der Waals surface area (Å²) in [4.78, 5) is 22.4. The highest BCUT2D eigenvalue weighted by atomic mass is 35.5. The van der Waals surface area contributed by atoms with Crippen LogP contribution in [0.2, 0.25) is 5.02 Å². The molecule has 0 saturated carbocycles. The Hall–Kier alpha value is -1.99. The maximum Gasteiger partial charge on any atom is 0.339 e.